The third-order valence-corrected chi connectivity index (χ3v) is 10.9. The van der Waals surface area contributed by atoms with Gasteiger partial charge in [0.2, 0.25) is 0 Å². The van der Waals surface area contributed by atoms with Crippen LogP contribution in [0.2, 0.25) is 0 Å². The summed E-state index contributed by atoms with van der Waals surface area (Å²) in [7, 11) is 0. The predicted octanol–water partition coefficient (Wildman–Crippen LogP) is 10.8. The number of phenols is 2. The second kappa shape index (κ2) is 9.23. The minimum atomic E-state index is -0.0912. The van der Waals surface area contributed by atoms with Gasteiger partial charge in [0, 0.05) is 16.7 Å². The Hall–Kier alpha value is -5.04. The number of benzene rings is 7. The van der Waals surface area contributed by atoms with Gasteiger partial charge in [-0.25, -0.2) is 9.97 Å². The SMILES string of the molecule is Cc1c(C)c(-c2ccc3ccc4c(-c5nc6cc7scnc7cc6s5)ccc5ccc2c3c54)c(O)c(O)c1-c1ccccc1. The molecule has 9 aromatic rings. The zero-order valence-electron chi connectivity index (χ0n) is 23.8. The van der Waals surface area contributed by atoms with Gasteiger partial charge in [-0.1, -0.05) is 78.9 Å². The van der Waals surface area contributed by atoms with E-state index in [1.54, 1.807) is 22.7 Å². The maximum atomic E-state index is 11.6. The number of hydrogen-bond acceptors (Lipinski definition) is 6. The summed E-state index contributed by atoms with van der Waals surface area (Å²) in [6, 6.07) is 31.3. The Morgan fingerprint density at radius 3 is 1.98 bits per heavy atom. The Labute approximate surface area is 260 Å². The molecule has 0 aliphatic rings. The van der Waals surface area contributed by atoms with Crippen LogP contribution < -0.4 is 0 Å². The number of aromatic nitrogens is 2. The molecule has 0 saturated heterocycles. The molecule has 2 heterocycles. The molecule has 4 nitrogen and oxygen atoms in total. The minimum Gasteiger partial charge on any atom is -0.504 e. The first-order valence-corrected chi connectivity index (χ1v) is 16.1. The van der Waals surface area contributed by atoms with Crippen LogP contribution >= 0.6 is 22.7 Å². The highest BCUT2D eigenvalue weighted by atomic mass is 32.1. The van der Waals surface area contributed by atoms with Gasteiger partial charge < -0.3 is 10.2 Å². The smallest absolute Gasteiger partial charge is 0.166 e. The van der Waals surface area contributed by atoms with Crippen molar-refractivity contribution in [2.24, 2.45) is 0 Å². The quantitative estimate of drug-likeness (QED) is 0.156. The molecule has 6 heteroatoms. The van der Waals surface area contributed by atoms with Crippen LogP contribution in [0.25, 0.3) is 85.6 Å². The lowest BCUT2D eigenvalue weighted by Gasteiger charge is -2.21. The molecule has 0 atom stereocenters. The molecule has 44 heavy (non-hydrogen) atoms. The van der Waals surface area contributed by atoms with E-state index in [1.165, 1.54) is 5.39 Å². The third-order valence-electron chi connectivity index (χ3n) is 9.08. The summed E-state index contributed by atoms with van der Waals surface area (Å²) in [6.45, 7) is 4.04. The molecular weight excluding hydrogens is 581 g/mol. The monoisotopic (exact) mass is 604 g/mol. The van der Waals surface area contributed by atoms with Crippen LogP contribution in [0.3, 0.4) is 0 Å². The summed E-state index contributed by atoms with van der Waals surface area (Å²) >= 11 is 3.34. The van der Waals surface area contributed by atoms with E-state index < -0.39 is 0 Å². The molecule has 0 spiro atoms. The highest BCUT2D eigenvalue weighted by Gasteiger charge is 2.24. The molecule has 9 rings (SSSR count). The van der Waals surface area contributed by atoms with Gasteiger partial charge in [0.1, 0.15) is 5.01 Å². The second-order valence-corrected chi connectivity index (χ2v) is 13.3. The molecule has 0 aliphatic carbocycles. The molecule has 0 fully saturated rings. The van der Waals surface area contributed by atoms with Crippen LogP contribution in [0.5, 0.6) is 11.5 Å². The number of nitrogens with zero attached hydrogens (tertiary/aromatic N) is 2. The topological polar surface area (TPSA) is 66.2 Å². The molecule has 210 valence electrons. The van der Waals surface area contributed by atoms with Crippen LogP contribution in [0.15, 0.2) is 96.5 Å². The van der Waals surface area contributed by atoms with Crippen molar-refractivity contribution in [3.8, 4) is 44.3 Å². The van der Waals surface area contributed by atoms with Gasteiger partial charge in [0.05, 0.1) is 25.9 Å². The molecule has 0 unspecified atom stereocenters. The Kier molecular flexibility index (Phi) is 5.34. The summed E-state index contributed by atoms with van der Waals surface area (Å²) in [4.78, 5) is 9.57. The zero-order chi connectivity index (χ0) is 29.7. The number of aromatic hydroxyl groups is 2. The van der Waals surface area contributed by atoms with E-state index >= 15 is 0 Å². The van der Waals surface area contributed by atoms with E-state index in [9.17, 15) is 10.2 Å². The molecule has 0 aliphatic heterocycles. The van der Waals surface area contributed by atoms with E-state index in [0.717, 1.165) is 80.2 Å². The summed E-state index contributed by atoms with van der Waals surface area (Å²) in [5, 5.41) is 30.7. The maximum absolute atomic E-state index is 11.6. The lowest BCUT2D eigenvalue weighted by Crippen LogP contribution is -1.96. The Bertz CT molecular complexity index is 2520. The number of hydrogen-bond donors (Lipinski definition) is 2. The van der Waals surface area contributed by atoms with Crippen molar-refractivity contribution < 1.29 is 10.2 Å². The van der Waals surface area contributed by atoms with Crippen molar-refractivity contribution in [2.75, 3.05) is 0 Å². The average Bonchev–Trinajstić information content (AvgIpc) is 3.68. The molecular formula is C38H24N2O2S2. The highest BCUT2D eigenvalue weighted by Crippen LogP contribution is 2.51. The first-order chi connectivity index (χ1) is 21.5. The number of phenolic OH excluding ortho intramolecular Hbond substituents is 2. The van der Waals surface area contributed by atoms with Crippen LogP contribution in [0.1, 0.15) is 11.1 Å². The molecule has 2 aromatic heterocycles. The van der Waals surface area contributed by atoms with Crippen LogP contribution in [-0.2, 0) is 0 Å². The maximum Gasteiger partial charge on any atom is 0.166 e. The fourth-order valence-electron chi connectivity index (χ4n) is 6.85. The number of fused-ring (bicyclic) bond motifs is 2. The Balaban J connectivity index is 1.30. The highest BCUT2D eigenvalue weighted by molar-refractivity contribution is 7.22. The van der Waals surface area contributed by atoms with Crippen molar-refractivity contribution in [2.45, 2.75) is 13.8 Å². The molecule has 0 radical (unpaired) electrons. The minimum absolute atomic E-state index is 0.0896. The number of thiazole rings is 2. The molecule has 7 aromatic carbocycles. The van der Waals surface area contributed by atoms with Gasteiger partial charge >= 0.3 is 0 Å². The average molecular weight is 605 g/mol. The first-order valence-electron chi connectivity index (χ1n) is 14.4. The molecule has 0 bridgehead atoms. The van der Waals surface area contributed by atoms with Crippen LogP contribution in [-0.4, -0.2) is 20.2 Å². The van der Waals surface area contributed by atoms with Crippen molar-refractivity contribution >= 4 is 75.4 Å². The third kappa shape index (κ3) is 3.49. The van der Waals surface area contributed by atoms with Crippen molar-refractivity contribution in [3.63, 3.8) is 0 Å². The normalized spacial score (nSPS) is 12.0. The summed E-state index contributed by atoms with van der Waals surface area (Å²) in [6.07, 6.45) is 0. The lowest BCUT2D eigenvalue weighted by molar-refractivity contribution is 0.406. The lowest BCUT2D eigenvalue weighted by atomic mass is 9.84. The standard InChI is InChI=1S/C38H24N2O2S2/c1-19-20(2)33(37(42)36(41)32(19)21-6-4-3-5-7-21)24-12-8-22-10-14-26-27(15-11-23-9-13-25(24)34(22)35(23)26)38-40-29-17-30-28(39-18-43-30)16-31(29)44-38/h3-18,41-42H,1-2H3. The van der Waals surface area contributed by atoms with Gasteiger partial charge in [-0.2, -0.15) is 0 Å². The molecule has 2 N–H and O–H groups in total. The van der Waals surface area contributed by atoms with E-state index in [2.05, 4.69) is 65.6 Å². The fraction of sp³-hybridized carbons (Fsp3) is 0.0526. The first kappa shape index (κ1) is 25.5. The van der Waals surface area contributed by atoms with Gasteiger partial charge in [-0.3, -0.25) is 0 Å². The van der Waals surface area contributed by atoms with Crippen molar-refractivity contribution in [1.82, 2.24) is 9.97 Å². The number of rotatable bonds is 3. The van der Waals surface area contributed by atoms with E-state index in [4.69, 9.17) is 4.98 Å². The summed E-state index contributed by atoms with van der Waals surface area (Å²) < 4.78 is 2.28. The second-order valence-electron chi connectivity index (χ2n) is 11.4. The van der Waals surface area contributed by atoms with Gasteiger partial charge in [-0.05, 0) is 80.6 Å². The van der Waals surface area contributed by atoms with E-state index in [0.29, 0.717) is 11.1 Å². The largest absolute Gasteiger partial charge is 0.504 e. The van der Waals surface area contributed by atoms with Gasteiger partial charge in [0.25, 0.3) is 0 Å². The molecule has 0 saturated carbocycles. The van der Waals surface area contributed by atoms with Gasteiger partial charge in [0.15, 0.2) is 11.5 Å². The van der Waals surface area contributed by atoms with E-state index in [1.807, 2.05) is 49.7 Å². The predicted molar refractivity (Wildman–Crippen MR) is 186 cm³/mol. The van der Waals surface area contributed by atoms with Crippen molar-refractivity contribution in [3.05, 3.63) is 108 Å². The zero-order valence-corrected chi connectivity index (χ0v) is 25.5. The Morgan fingerprint density at radius 2 is 1.23 bits per heavy atom. The van der Waals surface area contributed by atoms with Crippen LogP contribution in [0.4, 0.5) is 0 Å². The van der Waals surface area contributed by atoms with E-state index in [-0.39, 0.29) is 11.5 Å². The summed E-state index contributed by atoms with van der Waals surface area (Å²) in [5.74, 6) is -0.181. The molecule has 0 amide bonds. The fourth-order valence-corrected chi connectivity index (χ4v) is 8.57. The summed E-state index contributed by atoms with van der Waals surface area (Å²) in [5.41, 5.74) is 9.99. The Morgan fingerprint density at radius 1 is 0.614 bits per heavy atom. The van der Waals surface area contributed by atoms with Crippen LogP contribution in [0, 0.1) is 13.8 Å². The van der Waals surface area contributed by atoms with Gasteiger partial charge in [-0.15, -0.1) is 22.7 Å². The van der Waals surface area contributed by atoms with Crippen molar-refractivity contribution in [1.29, 1.82) is 0 Å².